The van der Waals surface area contributed by atoms with Crippen molar-refractivity contribution in [3.63, 3.8) is 0 Å². The SMILES string of the molecule is O=C(/C=C/c1ccc(Oc2cccnc2)c(F)c1)OCCCc1cnoc1. The number of aromatic nitrogens is 2. The second-order valence-corrected chi connectivity index (χ2v) is 5.62. The van der Waals surface area contributed by atoms with Gasteiger partial charge >= 0.3 is 5.97 Å². The molecule has 2 aromatic heterocycles. The van der Waals surface area contributed by atoms with Crippen LogP contribution in [0.5, 0.6) is 11.5 Å². The highest BCUT2D eigenvalue weighted by atomic mass is 19.1. The number of halogens is 1. The van der Waals surface area contributed by atoms with Gasteiger partial charge in [-0.2, -0.15) is 0 Å². The molecule has 6 nitrogen and oxygen atoms in total. The number of rotatable bonds is 8. The van der Waals surface area contributed by atoms with Gasteiger partial charge < -0.3 is 14.0 Å². The van der Waals surface area contributed by atoms with E-state index in [2.05, 4.69) is 10.1 Å². The number of hydrogen-bond donors (Lipinski definition) is 0. The highest BCUT2D eigenvalue weighted by Crippen LogP contribution is 2.24. The van der Waals surface area contributed by atoms with Gasteiger partial charge in [0.1, 0.15) is 12.0 Å². The Bertz CT molecular complexity index is 896. The van der Waals surface area contributed by atoms with Gasteiger partial charge in [-0.05, 0) is 48.7 Å². The minimum absolute atomic E-state index is 0.0801. The molecule has 2 heterocycles. The normalized spacial score (nSPS) is 10.9. The molecule has 0 bridgehead atoms. The van der Waals surface area contributed by atoms with Crippen molar-refractivity contribution in [2.75, 3.05) is 6.61 Å². The number of nitrogens with zero attached hydrogens (tertiary/aromatic N) is 2. The van der Waals surface area contributed by atoms with Gasteiger partial charge in [-0.1, -0.05) is 11.2 Å². The maximum atomic E-state index is 14.1. The molecule has 3 rings (SSSR count). The first-order valence-electron chi connectivity index (χ1n) is 8.31. The average Bonchev–Trinajstić information content (AvgIpc) is 3.20. The molecular weight excluding hydrogens is 351 g/mol. The van der Waals surface area contributed by atoms with Crippen molar-refractivity contribution in [3.05, 3.63) is 78.2 Å². The molecule has 0 aliphatic carbocycles. The van der Waals surface area contributed by atoms with Crippen LogP contribution in [0, 0.1) is 5.82 Å². The summed E-state index contributed by atoms with van der Waals surface area (Å²) in [5.74, 6) is -0.509. The van der Waals surface area contributed by atoms with Crippen molar-refractivity contribution >= 4 is 12.0 Å². The molecule has 1 aromatic carbocycles. The van der Waals surface area contributed by atoms with Crippen molar-refractivity contribution in [2.45, 2.75) is 12.8 Å². The summed E-state index contributed by atoms with van der Waals surface area (Å²) in [6.45, 7) is 0.278. The first kappa shape index (κ1) is 18.3. The van der Waals surface area contributed by atoms with E-state index < -0.39 is 11.8 Å². The van der Waals surface area contributed by atoms with Gasteiger partial charge in [-0.25, -0.2) is 9.18 Å². The zero-order valence-corrected chi connectivity index (χ0v) is 14.4. The smallest absolute Gasteiger partial charge is 0.330 e. The minimum atomic E-state index is -0.539. The van der Waals surface area contributed by atoms with Crippen LogP contribution < -0.4 is 4.74 Å². The van der Waals surface area contributed by atoms with Crippen LogP contribution in [0.4, 0.5) is 4.39 Å². The third kappa shape index (κ3) is 5.78. The van der Waals surface area contributed by atoms with E-state index in [-0.39, 0.29) is 12.4 Å². The van der Waals surface area contributed by atoms with Gasteiger partial charge in [0.05, 0.1) is 19.0 Å². The number of ether oxygens (including phenoxy) is 2. The third-order valence-corrected chi connectivity index (χ3v) is 3.57. The molecule has 0 unspecified atom stereocenters. The Morgan fingerprint density at radius 3 is 2.93 bits per heavy atom. The summed E-state index contributed by atoms with van der Waals surface area (Å²) >= 11 is 0. The molecule has 0 aliphatic heterocycles. The lowest BCUT2D eigenvalue weighted by Crippen LogP contribution is -2.03. The van der Waals surface area contributed by atoms with Gasteiger partial charge in [0.15, 0.2) is 11.6 Å². The summed E-state index contributed by atoms with van der Waals surface area (Å²) in [5.41, 5.74) is 1.47. The molecular formula is C20H17FN2O4. The van der Waals surface area contributed by atoms with Gasteiger partial charge in [0.2, 0.25) is 0 Å². The topological polar surface area (TPSA) is 74.5 Å². The molecule has 0 N–H and O–H groups in total. The maximum Gasteiger partial charge on any atom is 0.330 e. The van der Waals surface area contributed by atoms with E-state index in [4.69, 9.17) is 14.0 Å². The summed E-state index contributed by atoms with van der Waals surface area (Å²) in [4.78, 5) is 15.6. The fourth-order valence-corrected chi connectivity index (χ4v) is 2.25. The predicted octanol–water partition coefficient (Wildman–Crippen LogP) is 4.19. The molecule has 7 heteroatoms. The molecule has 0 saturated carbocycles. The fourth-order valence-electron chi connectivity index (χ4n) is 2.25. The molecule has 138 valence electrons. The van der Waals surface area contributed by atoms with Crippen LogP contribution in [0.1, 0.15) is 17.5 Å². The summed E-state index contributed by atoms with van der Waals surface area (Å²) in [6.07, 6.45) is 10.4. The highest BCUT2D eigenvalue weighted by molar-refractivity contribution is 5.87. The zero-order chi connectivity index (χ0) is 18.9. The van der Waals surface area contributed by atoms with Crippen molar-refractivity contribution in [2.24, 2.45) is 0 Å². The largest absolute Gasteiger partial charge is 0.463 e. The van der Waals surface area contributed by atoms with Crippen molar-refractivity contribution in [1.29, 1.82) is 0 Å². The number of benzene rings is 1. The Morgan fingerprint density at radius 1 is 1.26 bits per heavy atom. The number of carbonyl (C=O) groups excluding carboxylic acids is 1. The number of hydrogen-bond acceptors (Lipinski definition) is 6. The van der Waals surface area contributed by atoms with Crippen LogP contribution in [0.3, 0.4) is 0 Å². The van der Waals surface area contributed by atoms with Crippen molar-refractivity contribution in [1.82, 2.24) is 10.1 Å². The first-order valence-corrected chi connectivity index (χ1v) is 8.31. The van der Waals surface area contributed by atoms with E-state index in [1.807, 2.05) is 0 Å². The Morgan fingerprint density at radius 2 is 2.19 bits per heavy atom. The molecule has 27 heavy (non-hydrogen) atoms. The number of carbonyl (C=O) groups is 1. The summed E-state index contributed by atoms with van der Waals surface area (Å²) in [7, 11) is 0. The second-order valence-electron chi connectivity index (χ2n) is 5.62. The van der Waals surface area contributed by atoms with Crippen LogP contribution in [0.25, 0.3) is 6.08 Å². The molecule has 0 spiro atoms. The van der Waals surface area contributed by atoms with Gasteiger partial charge in [-0.15, -0.1) is 0 Å². The number of esters is 1. The lowest BCUT2D eigenvalue weighted by Gasteiger charge is -2.06. The van der Waals surface area contributed by atoms with E-state index in [0.717, 1.165) is 5.56 Å². The molecule has 0 aliphatic rings. The Kier molecular flexibility index (Phi) is 6.30. The van der Waals surface area contributed by atoms with Crippen LogP contribution in [0.15, 0.2) is 65.8 Å². The van der Waals surface area contributed by atoms with Crippen LogP contribution in [-0.4, -0.2) is 22.7 Å². The quantitative estimate of drug-likeness (QED) is 0.337. The van der Waals surface area contributed by atoms with Crippen LogP contribution in [0.2, 0.25) is 0 Å². The van der Waals surface area contributed by atoms with E-state index in [9.17, 15) is 9.18 Å². The second kappa shape index (κ2) is 9.28. The van der Waals surface area contributed by atoms with Crippen molar-refractivity contribution < 1.29 is 23.2 Å². The van der Waals surface area contributed by atoms with E-state index >= 15 is 0 Å². The van der Waals surface area contributed by atoms with Crippen LogP contribution in [-0.2, 0) is 16.0 Å². The highest BCUT2D eigenvalue weighted by Gasteiger charge is 2.06. The van der Waals surface area contributed by atoms with Gasteiger partial charge in [0, 0.05) is 17.8 Å². The molecule has 3 aromatic rings. The minimum Gasteiger partial charge on any atom is -0.463 e. The number of aryl methyl sites for hydroxylation is 1. The summed E-state index contributed by atoms with van der Waals surface area (Å²) < 4.78 is 29.4. The maximum absolute atomic E-state index is 14.1. The Balaban J connectivity index is 1.47. The van der Waals surface area contributed by atoms with Crippen LogP contribution >= 0.6 is 0 Å². The monoisotopic (exact) mass is 368 g/mol. The molecule has 0 atom stereocenters. The van der Waals surface area contributed by atoms with E-state index in [0.29, 0.717) is 24.2 Å². The molecule has 0 saturated heterocycles. The molecule has 0 radical (unpaired) electrons. The Labute approximate surface area is 155 Å². The predicted molar refractivity (Wildman–Crippen MR) is 95.5 cm³/mol. The van der Waals surface area contributed by atoms with E-state index in [1.165, 1.54) is 30.5 Å². The third-order valence-electron chi connectivity index (χ3n) is 3.57. The molecule has 0 fully saturated rings. The number of pyridine rings is 1. The zero-order valence-electron chi connectivity index (χ0n) is 14.4. The van der Waals surface area contributed by atoms with Crippen molar-refractivity contribution in [3.8, 4) is 11.5 Å². The van der Waals surface area contributed by atoms with E-state index in [1.54, 1.807) is 36.9 Å². The standard InChI is InChI=1S/C20H17FN2O4/c21-18-11-15(5-7-19(18)27-17-4-1-9-22-13-17)6-8-20(24)25-10-2-3-16-12-23-26-14-16/h1,4-9,11-14H,2-3,10H2/b8-6+. The lowest BCUT2D eigenvalue weighted by atomic mass is 10.2. The Hall–Kier alpha value is -3.48. The van der Waals surface area contributed by atoms with Gasteiger partial charge in [-0.3, -0.25) is 4.98 Å². The molecule has 0 amide bonds. The van der Waals surface area contributed by atoms with Gasteiger partial charge in [0.25, 0.3) is 0 Å². The fraction of sp³-hybridized carbons (Fsp3) is 0.150. The summed E-state index contributed by atoms with van der Waals surface area (Å²) in [5, 5.41) is 3.60. The lowest BCUT2D eigenvalue weighted by molar-refractivity contribution is -0.137. The summed E-state index contributed by atoms with van der Waals surface area (Å²) in [6, 6.07) is 7.79. The average molecular weight is 368 g/mol. The first-order chi connectivity index (χ1) is 13.2.